The quantitative estimate of drug-likeness (QED) is 0.642. The van der Waals surface area contributed by atoms with E-state index in [9.17, 15) is 0 Å². The van der Waals surface area contributed by atoms with E-state index in [2.05, 4.69) is 111 Å². The van der Waals surface area contributed by atoms with Crippen LogP contribution in [0.4, 0.5) is 0 Å². The summed E-state index contributed by atoms with van der Waals surface area (Å²) in [6.45, 7) is 12.4. The van der Waals surface area contributed by atoms with Gasteiger partial charge in [0.1, 0.15) is 0 Å². The summed E-state index contributed by atoms with van der Waals surface area (Å²) < 4.78 is 2.35. The molecule has 0 aliphatic heterocycles. The zero-order chi connectivity index (χ0) is 19.8. The van der Waals surface area contributed by atoms with Crippen molar-refractivity contribution in [3.05, 3.63) is 75.7 Å². The van der Waals surface area contributed by atoms with Crippen LogP contribution in [0.25, 0.3) is 41.1 Å². The van der Waals surface area contributed by atoms with Gasteiger partial charge in [-0.15, -0.1) is 0 Å². The standard InChI is InChI=1S/C24H25N.C2H6/c1-5-21-22(6-2)24(8-4)25(23(21)7-3)20-16-14-19(15-17-20)18-12-10-9-11-13-18;1-2/h5-17H,1-4H3;1-2H3/b21-5-,22-6?,23-7+,24-8+;. The van der Waals surface area contributed by atoms with Crippen LogP contribution in [-0.4, -0.2) is 4.57 Å². The molecule has 3 rings (SSSR count). The molecule has 0 unspecified atom stereocenters. The van der Waals surface area contributed by atoms with Crippen molar-refractivity contribution in [2.75, 3.05) is 0 Å². The highest BCUT2D eigenvalue weighted by atomic mass is 15.0. The van der Waals surface area contributed by atoms with Gasteiger partial charge in [0.2, 0.25) is 0 Å². The van der Waals surface area contributed by atoms with E-state index in [0.29, 0.717) is 0 Å². The summed E-state index contributed by atoms with van der Waals surface area (Å²) in [4.78, 5) is 0. The first-order chi connectivity index (χ1) is 13.2. The number of rotatable bonds is 2. The predicted octanol–water partition coefficient (Wildman–Crippen LogP) is 4.37. The first-order valence-electron chi connectivity index (χ1n) is 9.87. The molecule has 3 aromatic rings. The fourth-order valence-electron chi connectivity index (χ4n) is 3.53. The highest BCUT2D eigenvalue weighted by Crippen LogP contribution is 2.19. The Kier molecular flexibility index (Phi) is 7.43. The molecular weight excluding hydrogens is 326 g/mol. The van der Waals surface area contributed by atoms with Crippen molar-refractivity contribution < 1.29 is 0 Å². The van der Waals surface area contributed by atoms with E-state index in [-0.39, 0.29) is 0 Å². The third-order valence-electron chi connectivity index (χ3n) is 4.68. The lowest BCUT2D eigenvalue weighted by Gasteiger charge is -2.08. The number of aromatic nitrogens is 1. The van der Waals surface area contributed by atoms with Crippen LogP contribution in [-0.2, 0) is 0 Å². The van der Waals surface area contributed by atoms with E-state index in [4.69, 9.17) is 0 Å². The Morgan fingerprint density at radius 1 is 0.556 bits per heavy atom. The van der Waals surface area contributed by atoms with Crippen molar-refractivity contribution in [1.82, 2.24) is 4.57 Å². The highest BCUT2D eigenvalue weighted by Gasteiger charge is 2.05. The Morgan fingerprint density at radius 3 is 1.41 bits per heavy atom. The first kappa shape index (κ1) is 20.5. The molecule has 0 radical (unpaired) electrons. The molecule has 0 bridgehead atoms. The molecule has 0 fully saturated rings. The van der Waals surface area contributed by atoms with Gasteiger partial charge in [-0.25, -0.2) is 0 Å². The normalized spacial score (nSPS) is 13.7. The largest absolute Gasteiger partial charge is 0.310 e. The van der Waals surface area contributed by atoms with Crippen LogP contribution in [0.3, 0.4) is 0 Å². The van der Waals surface area contributed by atoms with E-state index >= 15 is 0 Å². The summed E-state index contributed by atoms with van der Waals surface area (Å²) in [7, 11) is 0. The van der Waals surface area contributed by atoms with Gasteiger partial charge >= 0.3 is 0 Å². The second-order valence-electron chi connectivity index (χ2n) is 6.00. The van der Waals surface area contributed by atoms with Crippen LogP contribution >= 0.6 is 0 Å². The van der Waals surface area contributed by atoms with Gasteiger partial charge < -0.3 is 4.57 Å². The highest BCUT2D eigenvalue weighted by molar-refractivity contribution is 5.64. The molecule has 27 heavy (non-hydrogen) atoms. The zero-order valence-electron chi connectivity index (χ0n) is 17.5. The van der Waals surface area contributed by atoms with Crippen molar-refractivity contribution >= 4 is 24.3 Å². The minimum atomic E-state index is 1.19. The Labute approximate surface area is 163 Å². The van der Waals surface area contributed by atoms with Gasteiger partial charge in [0.05, 0.1) is 0 Å². The maximum absolute atomic E-state index is 2.35. The summed E-state index contributed by atoms with van der Waals surface area (Å²) in [5.74, 6) is 0. The first-order valence-corrected chi connectivity index (χ1v) is 9.87. The van der Waals surface area contributed by atoms with Gasteiger partial charge in [-0.05, 0) is 51.0 Å². The molecule has 140 valence electrons. The molecule has 1 heteroatoms. The zero-order valence-corrected chi connectivity index (χ0v) is 17.5. The summed E-state index contributed by atoms with van der Waals surface area (Å²) in [6, 6.07) is 19.3. The smallest absolute Gasteiger partial charge is 0.0494 e. The van der Waals surface area contributed by atoms with Gasteiger partial charge in [-0.1, -0.05) is 80.6 Å². The van der Waals surface area contributed by atoms with Gasteiger partial charge in [-0.2, -0.15) is 0 Å². The number of hydrogen-bond acceptors (Lipinski definition) is 0. The number of benzene rings is 2. The van der Waals surface area contributed by atoms with E-state index < -0.39 is 0 Å². The lowest BCUT2D eigenvalue weighted by Crippen LogP contribution is -2.36. The van der Waals surface area contributed by atoms with Gasteiger partial charge in [0.25, 0.3) is 0 Å². The molecule has 0 aliphatic carbocycles. The van der Waals surface area contributed by atoms with Crippen LogP contribution in [0.1, 0.15) is 41.5 Å². The molecule has 0 N–H and O–H groups in total. The summed E-state index contributed by atoms with van der Waals surface area (Å²) >= 11 is 0. The minimum Gasteiger partial charge on any atom is -0.310 e. The fraction of sp³-hybridized carbons (Fsp3) is 0.231. The van der Waals surface area contributed by atoms with Crippen molar-refractivity contribution in [3.63, 3.8) is 0 Å². The molecule has 0 aliphatic rings. The molecule has 0 saturated heterocycles. The molecule has 0 amide bonds. The van der Waals surface area contributed by atoms with Gasteiger partial charge in [0.15, 0.2) is 0 Å². The average Bonchev–Trinajstić information content (AvgIpc) is 3.08. The van der Waals surface area contributed by atoms with Crippen molar-refractivity contribution in [2.45, 2.75) is 41.5 Å². The van der Waals surface area contributed by atoms with Crippen LogP contribution in [0.5, 0.6) is 0 Å². The van der Waals surface area contributed by atoms with Crippen molar-refractivity contribution in [2.24, 2.45) is 0 Å². The molecule has 1 heterocycles. The summed E-state index contributed by atoms with van der Waals surface area (Å²) in [6.07, 6.45) is 8.79. The predicted molar refractivity (Wildman–Crippen MR) is 122 cm³/mol. The molecular formula is C26H31N. The van der Waals surface area contributed by atoms with E-state index in [0.717, 1.165) is 0 Å². The van der Waals surface area contributed by atoms with Crippen LogP contribution in [0.15, 0.2) is 54.6 Å². The van der Waals surface area contributed by atoms with E-state index in [1.54, 1.807) is 0 Å². The summed E-state index contributed by atoms with van der Waals surface area (Å²) in [5, 5.41) is 5.09. The Balaban J connectivity index is 0.00000126. The maximum Gasteiger partial charge on any atom is 0.0494 e. The van der Waals surface area contributed by atoms with Crippen LogP contribution < -0.4 is 21.1 Å². The number of hydrogen-bond donors (Lipinski definition) is 0. The van der Waals surface area contributed by atoms with E-state index in [1.165, 1.54) is 37.9 Å². The molecule has 0 spiro atoms. The molecule has 0 atom stereocenters. The molecule has 2 aromatic carbocycles. The Hall–Kier alpha value is -2.80. The topological polar surface area (TPSA) is 4.93 Å². The van der Waals surface area contributed by atoms with Gasteiger partial charge in [-0.3, -0.25) is 0 Å². The third kappa shape index (κ3) is 3.98. The molecule has 1 nitrogen and oxygen atoms in total. The van der Waals surface area contributed by atoms with E-state index in [1.807, 2.05) is 13.8 Å². The summed E-state index contributed by atoms with van der Waals surface area (Å²) in [5.41, 5.74) is 3.68. The molecule has 0 saturated carbocycles. The van der Waals surface area contributed by atoms with Crippen LogP contribution in [0, 0.1) is 0 Å². The lowest BCUT2D eigenvalue weighted by molar-refractivity contribution is 0.985. The van der Waals surface area contributed by atoms with Crippen molar-refractivity contribution in [1.29, 1.82) is 0 Å². The minimum absolute atomic E-state index is 1.19. The second kappa shape index (κ2) is 9.78. The number of nitrogens with zero attached hydrogens (tertiary/aromatic N) is 1. The second-order valence-corrected chi connectivity index (χ2v) is 6.00. The Bertz CT molecular complexity index is 1050. The third-order valence-corrected chi connectivity index (χ3v) is 4.68. The SMILES string of the molecule is CC.CC=c1c(=C/C)/c(=C\C)n(-c2ccc(-c3ccccc3)cc2)/c1=C/C. The fourth-order valence-corrected chi connectivity index (χ4v) is 3.53. The maximum atomic E-state index is 2.35. The lowest BCUT2D eigenvalue weighted by atomic mass is 10.1. The van der Waals surface area contributed by atoms with Crippen LogP contribution in [0.2, 0.25) is 0 Å². The van der Waals surface area contributed by atoms with Crippen molar-refractivity contribution in [3.8, 4) is 16.8 Å². The van der Waals surface area contributed by atoms with Gasteiger partial charge in [0, 0.05) is 26.8 Å². The molecule has 1 aromatic heterocycles. The average molecular weight is 358 g/mol. The Morgan fingerprint density at radius 2 is 1.00 bits per heavy atom. The monoisotopic (exact) mass is 357 g/mol.